The Kier molecular flexibility index (Phi) is 5.56. The molecule has 2 aromatic carbocycles. The van der Waals surface area contributed by atoms with Gasteiger partial charge in [0.1, 0.15) is 5.75 Å². The lowest BCUT2D eigenvalue weighted by Crippen LogP contribution is -2.44. The maximum atomic E-state index is 12.0. The third-order valence-corrected chi connectivity index (χ3v) is 4.38. The average molecular weight is 339 g/mol. The molecule has 0 atom stereocenters. The Hall–Kier alpha value is -2.53. The molecule has 0 bridgehead atoms. The number of amides is 1. The van der Waals surface area contributed by atoms with Crippen molar-refractivity contribution in [2.75, 3.05) is 50.1 Å². The van der Waals surface area contributed by atoms with Crippen LogP contribution in [0.15, 0.2) is 48.5 Å². The van der Waals surface area contributed by atoms with E-state index in [1.165, 1.54) is 5.69 Å². The van der Waals surface area contributed by atoms with Crippen LogP contribution in [0, 0.1) is 6.92 Å². The third kappa shape index (κ3) is 4.97. The van der Waals surface area contributed by atoms with Crippen molar-refractivity contribution in [3.05, 3.63) is 54.1 Å². The van der Waals surface area contributed by atoms with Gasteiger partial charge in [-0.25, -0.2) is 0 Å². The van der Waals surface area contributed by atoms with Gasteiger partial charge in [0.15, 0.2) is 6.61 Å². The quantitative estimate of drug-likeness (QED) is 0.910. The van der Waals surface area contributed by atoms with Crippen molar-refractivity contribution >= 4 is 17.3 Å². The second-order valence-electron chi connectivity index (χ2n) is 6.49. The second-order valence-corrected chi connectivity index (χ2v) is 6.49. The van der Waals surface area contributed by atoms with Crippen LogP contribution in [0.25, 0.3) is 0 Å². The zero-order valence-electron chi connectivity index (χ0n) is 14.9. The van der Waals surface area contributed by atoms with Gasteiger partial charge in [0.2, 0.25) is 0 Å². The molecule has 0 aromatic heterocycles. The fraction of sp³-hybridized carbons (Fsp3) is 0.350. The number of anilines is 2. The maximum absolute atomic E-state index is 12.0. The van der Waals surface area contributed by atoms with Crippen LogP contribution in [0.4, 0.5) is 11.4 Å². The molecule has 1 fully saturated rings. The number of rotatable bonds is 5. The number of nitrogens with one attached hydrogen (secondary N) is 1. The monoisotopic (exact) mass is 339 g/mol. The summed E-state index contributed by atoms with van der Waals surface area (Å²) < 4.78 is 5.52. The number of piperazine rings is 1. The SMILES string of the molecule is Cc1cccc(OCC(=O)Nc2ccc(N3CCN(C)CC3)cc2)c1. The summed E-state index contributed by atoms with van der Waals surface area (Å²) in [5, 5.41) is 2.87. The highest BCUT2D eigenvalue weighted by Crippen LogP contribution is 2.19. The standard InChI is InChI=1S/C20H25N3O2/c1-16-4-3-5-19(14-16)25-15-20(24)21-17-6-8-18(9-7-17)23-12-10-22(2)11-13-23/h3-9,14H,10-13,15H2,1-2H3,(H,21,24). The zero-order valence-corrected chi connectivity index (χ0v) is 14.9. The molecule has 132 valence electrons. The lowest BCUT2D eigenvalue weighted by molar-refractivity contribution is -0.118. The smallest absolute Gasteiger partial charge is 0.262 e. The summed E-state index contributed by atoms with van der Waals surface area (Å²) in [6, 6.07) is 15.7. The Morgan fingerprint density at radius 1 is 1.08 bits per heavy atom. The van der Waals surface area contributed by atoms with E-state index >= 15 is 0 Å². The van der Waals surface area contributed by atoms with Gasteiger partial charge in [-0.15, -0.1) is 0 Å². The highest BCUT2D eigenvalue weighted by molar-refractivity contribution is 5.92. The van der Waals surface area contributed by atoms with Crippen LogP contribution in [0.2, 0.25) is 0 Å². The summed E-state index contributed by atoms with van der Waals surface area (Å²) in [5.41, 5.74) is 3.09. The van der Waals surface area contributed by atoms with Gasteiger partial charge in [0.25, 0.3) is 5.91 Å². The van der Waals surface area contributed by atoms with Crippen molar-refractivity contribution in [3.63, 3.8) is 0 Å². The summed E-state index contributed by atoms with van der Waals surface area (Å²) in [7, 11) is 2.15. The predicted octanol–water partition coefficient (Wildman–Crippen LogP) is 2.76. The first kappa shape index (κ1) is 17.3. The minimum atomic E-state index is -0.158. The highest BCUT2D eigenvalue weighted by atomic mass is 16.5. The van der Waals surface area contributed by atoms with E-state index < -0.39 is 0 Å². The largest absolute Gasteiger partial charge is 0.484 e. The molecule has 2 aromatic rings. The molecule has 1 heterocycles. The van der Waals surface area contributed by atoms with Gasteiger partial charge in [-0.1, -0.05) is 12.1 Å². The maximum Gasteiger partial charge on any atom is 0.262 e. The molecule has 1 aliphatic heterocycles. The number of nitrogens with zero attached hydrogens (tertiary/aromatic N) is 2. The Morgan fingerprint density at radius 3 is 2.48 bits per heavy atom. The first-order valence-corrected chi connectivity index (χ1v) is 8.63. The van der Waals surface area contributed by atoms with Crippen molar-refractivity contribution in [2.24, 2.45) is 0 Å². The number of hydrogen-bond donors (Lipinski definition) is 1. The van der Waals surface area contributed by atoms with E-state index in [0.717, 1.165) is 37.4 Å². The van der Waals surface area contributed by atoms with Crippen molar-refractivity contribution in [1.82, 2.24) is 4.90 Å². The topological polar surface area (TPSA) is 44.8 Å². The van der Waals surface area contributed by atoms with Gasteiger partial charge in [-0.3, -0.25) is 4.79 Å². The summed E-state index contributed by atoms with van der Waals surface area (Å²) in [6.07, 6.45) is 0. The molecular weight excluding hydrogens is 314 g/mol. The van der Waals surface area contributed by atoms with Crippen LogP contribution in [-0.4, -0.2) is 50.6 Å². The van der Waals surface area contributed by atoms with Gasteiger partial charge in [-0.2, -0.15) is 0 Å². The van der Waals surface area contributed by atoms with Crippen LogP contribution in [-0.2, 0) is 4.79 Å². The van der Waals surface area contributed by atoms with Gasteiger partial charge in [0.05, 0.1) is 0 Å². The van der Waals surface area contributed by atoms with Crippen LogP contribution in [0.3, 0.4) is 0 Å². The molecule has 3 rings (SSSR count). The molecule has 1 amide bonds. The summed E-state index contributed by atoms with van der Waals surface area (Å²) >= 11 is 0. The van der Waals surface area contributed by atoms with E-state index in [2.05, 4.69) is 34.3 Å². The van der Waals surface area contributed by atoms with Gasteiger partial charge in [-0.05, 0) is 55.9 Å². The summed E-state index contributed by atoms with van der Waals surface area (Å²) in [5.74, 6) is 0.550. The molecule has 5 nitrogen and oxygen atoms in total. The Bertz CT molecular complexity index is 707. The van der Waals surface area contributed by atoms with E-state index in [4.69, 9.17) is 4.74 Å². The molecule has 0 saturated carbocycles. The van der Waals surface area contributed by atoms with Crippen LogP contribution >= 0.6 is 0 Å². The number of aryl methyl sites for hydroxylation is 1. The first-order valence-electron chi connectivity index (χ1n) is 8.63. The summed E-state index contributed by atoms with van der Waals surface area (Å²) in [6.45, 7) is 6.22. The van der Waals surface area contributed by atoms with Crippen molar-refractivity contribution in [3.8, 4) is 5.75 Å². The minimum Gasteiger partial charge on any atom is -0.484 e. The van der Waals surface area contributed by atoms with Gasteiger partial charge in [0, 0.05) is 37.6 Å². The lowest BCUT2D eigenvalue weighted by Gasteiger charge is -2.34. The normalized spacial score (nSPS) is 15.0. The Labute approximate surface area is 149 Å². The predicted molar refractivity (Wildman–Crippen MR) is 101 cm³/mol. The lowest BCUT2D eigenvalue weighted by atomic mass is 10.2. The Morgan fingerprint density at radius 2 is 1.80 bits per heavy atom. The van der Waals surface area contributed by atoms with Crippen molar-refractivity contribution in [2.45, 2.75) is 6.92 Å². The third-order valence-electron chi connectivity index (χ3n) is 4.38. The molecule has 0 aliphatic carbocycles. The molecule has 5 heteroatoms. The zero-order chi connectivity index (χ0) is 17.6. The van der Waals surface area contributed by atoms with Crippen LogP contribution in [0.1, 0.15) is 5.56 Å². The molecule has 1 saturated heterocycles. The minimum absolute atomic E-state index is 0.00364. The highest BCUT2D eigenvalue weighted by Gasteiger charge is 2.14. The van der Waals surface area contributed by atoms with Crippen molar-refractivity contribution in [1.29, 1.82) is 0 Å². The first-order chi connectivity index (χ1) is 12.1. The molecule has 0 unspecified atom stereocenters. The van der Waals surface area contributed by atoms with Crippen LogP contribution < -0.4 is 15.0 Å². The molecule has 25 heavy (non-hydrogen) atoms. The van der Waals surface area contributed by atoms with Gasteiger partial charge >= 0.3 is 0 Å². The van der Waals surface area contributed by atoms with Crippen molar-refractivity contribution < 1.29 is 9.53 Å². The molecule has 0 spiro atoms. The van der Waals surface area contributed by atoms with Crippen LogP contribution in [0.5, 0.6) is 5.75 Å². The average Bonchev–Trinajstić information content (AvgIpc) is 2.62. The molecular formula is C20H25N3O2. The number of carbonyl (C=O) groups excluding carboxylic acids is 1. The number of ether oxygens (including phenoxy) is 1. The molecule has 0 radical (unpaired) electrons. The summed E-state index contributed by atoms with van der Waals surface area (Å²) in [4.78, 5) is 16.7. The van der Waals surface area contributed by atoms with Gasteiger partial charge < -0.3 is 19.9 Å². The van der Waals surface area contributed by atoms with E-state index in [-0.39, 0.29) is 12.5 Å². The number of hydrogen-bond acceptors (Lipinski definition) is 4. The fourth-order valence-electron chi connectivity index (χ4n) is 2.87. The fourth-order valence-corrected chi connectivity index (χ4v) is 2.87. The van der Waals surface area contributed by atoms with E-state index in [1.54, 1.807) is 0 Å². The number of likely N-dealkylation sites (N-methyl/N-ethyl adjacent to an activating group) is 1. The van der Waals surface area contributed by atoms with E-state index in [9.17, 15) is 4.79 Å². The molecule has 1 aliphatic rings. The van der Waals surface area contributed by atoms with E-state index in [1.807, 2.05) is 43.3 Å². The number of benzene rings is 2. The second kappa shape index (κ2) is 8.03. The van der Waals surface area contributed by atoms with E-state index in [0.29, 0.717) is 5.75 Å². The Balaban J connectivity index is 1.50. The molecule has 1 N–H and O–H groups in total. The number of carbonyl (C=O) groups is 1.